The van der Waals surface area contributed by atoms with E-state index in [4.69, 9.17) is 5.11 Å². The zero-order valence-corrected chi connectivity index (χ0v) is 18.3. The van der Waals surface area contributed by atoms with Crippen LogP contribution in [0.4, 0.5) is 0 Å². The summed E-state index contributed by atoms with van der Waals surface area (Å²) in [6.45, 7) is 12.9. The molecule has 0 saturated carbocycles. The lowest BCUT2D eigenvalue weighted by Gasteiger charge is -2.54. The summed E-state index contributed by atoms with van der Waals surface area (Å²) in [7, 11) is 2.54. The number of likely N-dealkylation sites (tertiary alicyclic amines) is 1. The molecule has 0 radical (unpaired) electrons. The summed E-state index contributed by atoms with van der Waals surface area (Å²) in [5.74, 6) is -1.05. The second-order valence-electron chi connectivity index (χ2n) is 8.33. The average Bonchev–Trinajstić information content (AvgIpc) is 2.58. The topological polar surface area (TPSA) is 96.3 Å². The Morgan fingerprint density at radius 1 is 1.00 bits per heavy atom. The van der Waals surface area contributed by atoms with Gasteiger partial charge in [0.2, 0.25) is 0 Å². The van der Waals surface area contributed by atoms with Crippen molar-refractivity contribution in [2.24, 2.45) is 5.41 Å². The van der Waals surface area contributed by atoms with Crippen LogP contribution >= 0.6 is 0 Å². The molecule has 160 valence electrons. The van der Waals surface area contributed by atoms with E-state index in [0.29, 0.717) is 19.4 Å². The van der Waals surface area contributed by atoms with Crippen LogP contribution < -0.4 is 0 Å². The molecule has 1 rings (SSSR count). The van der Waals surface area contributed by atoms with Crippen molar-refractivity contribution < 1.29 is 29.3 Å². The van der Waals surface area contributed by atoms with E-state index >= 15 is 0 Å². The lowest BCUT2D eigenvalue weighted by molar-refractivity contribution is -0.169. The first-order valence-corrected chi connectivity index (χ1v) is 9.62. The molecule has 0 atom stereocenters. The molecule has 1 saturated heterocycles. The van der Waals surface area contributed by atoms with Crippen molar-refractivity contribution >= 4 is 11.9 Å². The van der Waals surface area contributed by atoms with Crippen molar-refractivity contribution in [1.82, 2.24) is 4.90 Å². The molecule has 0 spiro atoms. The Kier molecular flexibility index (Phi) is 9.93. The molecule has 0 bridgehead atoms. The average molecular weight is 390 g/mol. The van der Waals surface area contributed by atoms with Crippen molar-refractivity contribution in [3.05, 3.63) is 0 Å². The Morgan fingerprint density at radius 3 is 1.63 bits per heavy atom. The minimum atomic E-state index is -1.12. The number of β-amino-alcohol motifs (C(OH)–C–C–N with tert-alkyl or cyclic N) is 1. The fourth-order valence-electron chi connectivity index (χ4n) is 4.27. The minimum absolute atomic E-state index is 0.0239. The van der Waals surface area contributed by atoms with Crippen LogP contribution in [-0.4, -0.2) is 71.6 Å². The second-order valence-corrected chi connectivity index (χ2v) is 8.33. The summed E-state index contributed by atoms with van der Waals surface area (Å²) in [6, 6.07) is 0. The first-order chi connectivity index (χ1) is 12.4. The Bertz CT molecular complexity index is 449. The monoisotopic (exact) mass is 389 g/mol. The molecule has 1 fully saturated rings. The summed E-state index contributed by atoms with van der Waals surface area (Å²) in [5.41, 5.74) is -1.17. The van der Waals surface area contributed by atoms with E-state index in [1.807, 2.05) is 0 Å². The highest BCUT2D eigenvalue weighted by Gasteiger charge is 2.45. The van der Waals surface area contributed by atoms with Gasteiger partial charge in [0.25, 0.3) is 0 Å². The maximum absolute atomic E-state index is 11.4. The van der Waals surface area contributed by atoms with E-state index < -0.39 is 17.4 Å². The number of hydrogen-bond acceptors (Lipinski definition) is 7. The first kappa shape index (κ1) is 25.8. The van der Waals surface area contributed by atoms with E-state index in [0.717, 1.165) is 12.8 Å². The van der Waals surface area contributed by atoms with Crippen LogP contribution in [0, 0.1) is 5.41 Å². The SMILES string of the molecule is CC1(C)CC(O)CC(C)(C)N1CCO.CCC(CC)(C(=O)OC)C(=O)OC. The van der Waals surface area contributed by atoms with Crippen molar-refractivity contribution in [2.45, 2.75) is 84.4 Å². The zero-order chi connectivity index (χ0) is 21.5. The van der Waals surface area contributed by atoms with Gasteiger partial charge in [-0.15, -0.1) is 0 Å². The number of aliphatic hydroxyl groups excluding tert-OH is 2. The predicted octanol–water partition coefficient (Wildman–Crippen LogP) is 2.13. The van der Waals surface area contributed by atoms with Gasteiger partial charge in [-0.25, -0.2) is 0 Å². The van der Waals surface area contributed by atoms with Crippen LogP contribution in [0.1, 0.15) is 67.2 Å². The van der Waals surface area contributed by atoms with Gasteiger partial charge in [-0.2, -0.15) is 0 Å². The number of carbonyl (C=O) groups is 2. The van der Waals surface area contributed by atoms with Gasteiger partial charge >= 0.3 is 11.9 Å². The lowest BCUT2D eigenvalue weighted by atomic mass is 9.78. The van der Waals surface area contributed by atoms with Crippen LogP contribution in [-0.2, 0) is 19.1 Å². The smallest absolute Gasteiger partial charge is 0.323 e. The van der Waals surface area contributed by atoms with E-state index in [9.17, 15) is 14.7 Å². The van der Waals surface area contributed by atoms with Gasteiger partial charge in [0.1, 0.15) is 0 Å². The maximum atomic E-state index is 11.4. The standard InChI is InChI=1S/C11H23NO2.C9H16O4/c1-10(2)7-9(14)8-11(3,4)12(10)5-6-13;1-5-9(6-2,7(10)12-3)8(11)13-4/h9,13-14H,5-8H2,1-4H3;5-6H2,1-4H3. The Labute approximate surface area is 164 Å². The maximum Gasteiger partial charge on any atom is 0.323 e. The molecule has 0 aromatic carbocycles. The summed E-state index contributed by atoms with van der Waals surface area (Å²) in [4.78, 5) is 25.0. The van der Waals surface area contributed by atoms with Crippen molar-refractivity contribution in [3.63, 3.8) is 0 Å². The Morgan fingerprint density at radius 2 is 1.37 bits per heavy atom. The number of methoxy groups -OCH3 is 2. The third-order valence-corrected chi connectivity index (χ3v) is 5.61. The molecule has 0 aromatic heterocycles. The molecule has 0 aromatic rings. The fraction of sp³-hybridized carbons (Fsp3) is 0.900. The van der Waals surface area contributed by atoms with Crippen molar-refractivity contribution in [2.75, 3.05) is 27.4 Å². The second kappa shape index (κ2) is 10.4. The van der Waals surface area contributed by atoms with Gasteiger partial charge in [-0.3, -0.25) is 14.5 Å². The molecule has 0 amide bonds. The highest BCUT2D eigenvalue weighted by atomic mass is 16.5. The van der Waals surface area contributed by atoms with E-state index in [1.165, 1.54) is 14.2 Å². The molecule has 1 aliphatic rings. The number of carbonyl (C=O) groups excluding carboxylic acids is 2. The van der Waals surface area contributed by atoms with E-state index in [2.05, 4.69) is 42.1 Å². The molecule has 7 heteroatoms. The predicted molar refractivity (Wildman–Crippen MR) is 104 cm³/mol. The number of ether oxygens (including phenoxy) is 2. The van der Waals surface area contributed by atoms with Gasteiger partial charge in [0.15, 0.2) is 5.41 Å². The lowest BCUT2D eigenvalue weighted by Crippen LogP contribution is -2.62. The van der Waals surface area contributed by atoms with Gasteiger partial charge in [-0.1, -0.05) is 13.8 Å². The van der Waals surface area contributed by atoms with Crippen LogP contribution in [0.15, 0.2) is 0 Å². The Balaban J connectivity index is 0.000000503. The molecule has 27 heavy (non-hydrogen) atoms. The third kappa shape index (κ3) is 6.16. The number of nitrogens with zero attached hydrogens (tertiary/aromatic N) is 1. The van der Waals surface area contributed by atoms with Gasteiger partial charge in [0.05, 0.1) is 26.9 Å². The van der Waals surface area contributed by atoms with Crippen LogP contribution in [0.25, 0.3) is 0 Å². The number of hydrogen-bond donors (Lipinski definition) is 2. The largest absolute Gasteiger partial charge is 0.468 e. The summed E-state index contributed by atoms with van der Waals surface area (Å²) in [5, 5.41) is 18.8. The number of piperidine rings is 1. The molecule has 1 heterocycles. The molecule has 2 N–H and O–H groups in total. The zero-order valence-electron chi connectivity index (χ0n) is 18.3. The highest BCUT2D eigenvalue weighted by Crippen LogP contribution is 2.37. The first-order valence-electron chi connectivity index (χ1n) is 9.62. The number of aliphatic hydroxyl groups is 2. The van der Waals surface area contributed by atoms with Crippen LogP contribution in [0.3, 0.4) is 0 Å². The number of esters is 2. The summed E-state index contributed by atoms with van der Waals surface area (Å²) >= 11 is 0. The fourth-order valence-corrected chi connectivity index (χ4v) is 4.27. The third-order valence-electron chi connectivity index (χ3n) is 5.61. The summed E-state index contributed by atoms with van der Waals surface area (Å²) < 4.78 is 9.16. The van der Waals surface area contributed by atoms with Gasteiger partial charge in [-0.05, 0) is 53.4 Å². The normalized spacial score (nSPS) is 19.6. The molecule has 0 aliphatic carbocycles. The van der Waals surface area contributed by atoms with E-state index in [-0.39, 0.29) is 23.8 Å². The highest BCUT2D eigenvalue weighted by molar-refractivity contribution is 5.99. The molecule has 0 unspecified atom stereocenters. The van der Waals surface area contributed by atoms with Crippen LogP contribution in [0.5, 0.6) is 0 Å². The van der Waals surface area contributed by atoms with Gasteiger partial charge in [0, 0.05) is 17.6 Å². The Hall–Kier alpha value is -1.18. The van der Waals surface area contributed by atoms with E-state index in [1.54, 1.807) is 13.8 Å². The molecule has 7 nitrogen and oxygen atoms in total. The molecular weight excluding hydrogens is 350 g/mol. The number of rotatable bonds is 6. The quantitative estimate of drug-likeness (QED) is 0.531. The van der Waals surface area contributed by atoms with Crippen molar-refractivity contribution in [1.29, 1.82) is 0 Å². The minimum Gasteiger partial charge on any atom is -0.468 e. The van der Waals surface area contributed by atoms with Gasteiger partial charge < -0.3 is 19.7 Å². The molecular formula is C20H39NO6. The van der Waals surface area contributed by atoms with Crippen LogP contribution in [0.2, 0.25) is 0 Å². The summed E-state index contributed by atoms with van der Waals surface area (Å²) in [6.07, 6.45) is 2.15. The molecule has 1 aliphatic heterocycles. The van der Waals surface area contributed by atoms with Crippen molar-refractivity contribution in [3.8, 4) is 0 Å².